The first-order valence-corrected chi connectivity index (χ1v) is 14.7. The molecule has 5 aromatic rings. The lowest BCUT2D eigenvalue weighted by atomic mass is 9.68. The SMILES string of the molecule is CN1CN(c2cccc(C3(c4ccn[nH]4)c4cc(C(C)(C)C)ccc4-c4ccc(C(C)(C)C)cc43)c2)c2nccnc21. The van der Waals surface area contributed by atoms with Crippen LogP contribution >= 0.6 is 0 Å². The molecule has 0 unspecified atom stereocenters. The van der Waals surface area contributed by atoms with E-state index in [4.69, 9.17) is 4.98 Å². The van der Waals surface area contributed by atoms with Crippen LogP contribution in [-0.2, 0) is 16.2 Å². The first-order valence-electron chi connectivity index (χ1n) is 14.7. The minimum absolute atomic E-state index is 0.00443. The van der Waals surface area contributed by atoms with Gasteiger partial charge >= 0.3 is 0 Å². The van der Waals surface area contributed by atoms with Gasteiger partial charge in [0.25, 0.3) is 0 Å². The van der Waals surface area contributed by atoms with Gasteiger partial charge in [-0.3, -0.25) is 5.10 Å². The molecule has 0 amide bonds. The number of nitrogens with zero attached hydrogens (tertiary/aromatic N) is 5. The monoisotopic (exact) mass is 554 g/mol. The molecule has 212 valence electrons. The number of aromatic nitrogens is 4. The highest BCUT2D eigenvalue weighted by Crippen LogP contribution is 2.57. The average Bonchev–Trinajstić information content (AvgIpc) is 3.68. The normalized spacial score (nSPS) is 15.5. The molecule has 1 N–H and O–H groups in total. The second kappa shape index (κ2) is 9.02. The number of anilines is 3. The zero-order chi connectivity index (χ0) is 29.4. The second-order valence-corrected chi connectivity index (χ2v) is 13.8. The number of benzene rings is 3. The molecule has 6 nitrogen and oxygen atoms in total. The molecule has 0 bridgehead atoms. The summed E-state index contributed by atoms with van der Waals surface area (Å²) < 4.78 is 0. The van der Waals surface area contributed by atoms with Gasteiger partial charge in [0, 0.05) is 31.3 Å². The molecule has 7 rings (SSSR count). The standard InChI is InChI=1S/C36H38N6/c1-34(2,3)23-11-13-27-28-14-12-24(35(4,5)6)21-30(28)36(29(27)20-23,31-15-16-39-40-31)25-9-8-10-26(19-25)42-22-41(7)32-33(42)38-18-17-37-32/h8-21H,22H2,1-7H3,(H,39,40). The molecular weight excluding hydrogens is 516 g/mol. The van der Waals surface area contributed by atoms with Crippen LogP contribution in [-0.4, -0.2) is 33.9 Å². The van der Waals surface area contributed by atoms with E-state index in [1.54, 1.807) is 12.4 Å². The van der Waals surface area contributed by atoms with E-state index in [9.17, 15) is 0 Å². The van der Waals surface area contributed by atoms with Gasteiger partial charge in [0.05, 0.1) is 17.8 Å². The van der Waals surface area contributed by atoms with Crippen LogP contribution < -0.4 is 9.80 Å². The smallest absolute Gasteiger partial charge is 0.178 e. The lowest BCUT2D eigenvalue weighted by molar-refractivity contribution is 0.585. The fourth-order valence-electron chi connectivity index (χ4n) is 6.72. The van der Waals surface area contributed by atoms with Crippen molar-refractivity contribution in [2.45, 2.75) is 57.8 Å². The van der Waals surface area contributed by atoms with E-state index in [1.165, 1.54) is 38.9 Å². The molecule has 3 aromatic carbocycles. The van der Waals surface area contributed by atoms with E-state index in [-0.39, 0.29) is 10.8 Å². The molecule has 3 heterocycles. The van der Waals surface area contributed by atoms with E-state index in [2.05, 4.69) is 140 Å². The van der Waals surface area contributed by atoms with E-state index in [1.807, 2.05) is 6.20 Å². The molecule has 0 saturated carbocycles. The fourth-order valence-corrected chi connectivity index (χ4v) is 6.72. The minimum Gasteiger partial charge on any atom is -0.338 e. The van der Waals surface area contributed by atoms with E-state index < -0.39 is 5.41 Å². The third-order valence-electron chi connectivity index (χ3n) is 9.00. The first kappa shape index (κ1) is 26.4. The van der Waals surface area contributed by atoms with Gasteiger partial charge in [0.1, 0.15) is 0 Å². The number of hydrogen-bond acceptors (Lipinski definition) is 5. The Morgan fingerprint density at radius 2 is 1.33 bits per heavy atom. The molecule has 0 radical (unpaired) electrons. The van der Waals surface area contributed by atoms with Crippen LogP contribution in [0, 0.1) is 0 Å². The molecule has 0 atom stereocenters. The quantitative estimate of drug-likeness (QED) is 0.243. The zero-order valence-corrected chi connectivity index (χ0v) is 25.5. The summed E-state index contributed by atoms with van der Waals surface area (Å²) in [7, 11) is 2.06. The molecular formula is C36H38N6. The summed E-state index contributed by atoms with van der Waals surface area (Å²) in [5.74, 6) is 1.78. The van der Waals surface area contributed by atoms with Crippen LogP contribution in [0.15, 0.2) is 85.3 Å². The van der Waals surface area contributed by atoms with E-state index >= 15 is 0 Å². The predicted molar refractivity (Wildman–Crippen MR) is 171 cm³/mol. The van der Waals surface area contributed by atoms with Crippen LogP contribution in [0.2, 0.25) is 0 Å². The van der Waals surface area contributed by atoms with Crippen molar-refractivity contribution in [1.29, 1.82) is 0 Å². The molecule has 1 aliphatic heterocycles. The van der Waals surface area contributed by atoms with Gasteiger partial charge in [-0.1, -0.05) is 90.1 Å². The first-order chi connectivity index (χ1) is 20.0. The number of nitrogens with one attached hydrogen (secondary N) is 1. The lowest BCUT2D eigenvalue weighted by Gasteiger charge is -2.34. The molecule has 6 heteroatoms. The fraction of sp³-hybridized carbons (Fsp3) is 0.306. The largest absolute Gasteiger partial charge is 0.338 e. The van der Waals surface area contributed by atoms with Crippen molar-refractivity contribution >= 4 is 17.3 Å². The van der Waals surface area contributed by atoms with Crippen molar-refractivity contribution in [1.82, 2.24) is 20.2 Å². The van der Waals surface area contributed by atoms with Crippen LogP contribution in [0.5, 0.6) is 0 Å². The maximum absolute atomic E-state index is 4.72. The number of aromatic amines is 1. The average molecular weight is 555 g/mol. The van der Waals surface area contributed by atoms with Gasteiger partial charge in [-0.2, -0.15) is 5.10 Å². The third-order valence-corrected chi connectivity index (χ3v) is 9.00. The third kappa shape index (κ3) is 3.81. The summed E-state index contributed by atoms with van der Waals surface area (Å²) >= 11 is 0. The molecule has 2 aromatic heterocycles. The van der Waals surface area contributed by atoms with Crippen LogP contribution in [0.4, 0.5) is 17.3 Å². The number of hydrogen-bond donors (Lipinski definition) is 1. The maximum atomic E-state index is 4.72. The lowest BCUT2D eigenvalue weighted by Crippen LogP contribution is -2.31. The number of fused-ring (bicyclic) bond motifs is 4. The summed E-state index contributed by atoms with van der Waals surface area (Å²) in [6, 6.07) is 25.2. The van der Waals surface area contributed by atoms with Gasteiger partial charge in [-0.15, -0.1) is 0 Å². The Kier molecular flexibility index (Phi) is 5.68. The predicted octanol–water partition coefficient (Wildman–Crippen LogP) is 7.70. The van der Waals surface area contributed by atoms with Gasteiger partial charge < -0.3 is 9.80 Å². The Morgan fingerprint density at radius 3 is 1.90 bits per heavy atom. The Labute approximate surface area is 248 Å². The van der Waals surface area contributed by atoms with E-state index in [0.29, 0.717) is 6.67 Å². The number of H-pyrrole nitrogens is 1. The van der Waals surface area contributed by atoms with Crippen LogP contribution in [0.3, 0.4) is 0 Å². The van der Waals surface area contributed by atoms with Crippen molar-refractivity contribution in [3.8, 4) is 11.1 Å². The van der Waals surface area contributed by atoms with E-state index in [0.717, 1.165) is 23.0 Å². The summed E-state index contributed by atoms with van der Waals surface area (Å²) in [6.45, 7) is 14.4. The maximum Gasteiger partial charge on any atom is 0.178 e. The van der Waals surface area contributed by atoms with Crippen LogP contribution in [0.25, 0.3) is 11.1 Å². The molecule has 2 aliphatic rings. The van der Waals surface area contributed by atoms with Crippen molar-refractivity contribution in [3.63, 3.8) is 0 Å². The zero-order valence-electron chi connectivity index (χ0n) is 25.5. The van der Waals surface area contributed by atoms with Gasteiger partial charge in [-0.05, 0) is 68.0 Å². The van der Waals surface area contributed by atoms with Crippen molar-refractivity contribution in [2.75, 3.05) is 23.5 Å². The molecule has 42 heavy (non-hydrogen) atoms. The Morgan fingerprint density at radius 1 is 0.714 bits per heavy atom. The summed E-state index contributed by atoms with van der Waals surface area (Å²) in [5, 5.41) is 7.94. The Bertz CT molecular complexity index is 1740. The number of rotatable bonds is 3. The molecule has 0 fully saturated rings. The van der Waals surface area contributed by atoms with Crippen LogP contribution in [0.1, 0.15) is 75.1 Å². The summed E-state index contributed by atoms with van der Waals surface area (Å²) in [5.41, 5.74) is 10.5. The highest BCUT2D eigenvalue weighted by atomic mass is 15.4. The second-order valence-electron chi connectivity index (χ2n) is 13.8. The van der Waals surface area contributed by atoms with Crippen molar-refractivity contribution in [3.05, 3.63) is 119 Å². The van der Waals surface area contributed by atoms with Gasteiger partial charge in [0.15, 0.2) is 11.6 Å². The topological polar surface area (TPSA) is 60.9 Å². The molecule has 1 aliphatic carbocycles. The Balaban J connectivity index is 1.54. The highest BCUT2D eigenvalue weighted by Gasteiger charge is 2.48. The Hall–Kier alpha value is -4.45. The van der Waals surface area contributed by atoms with Gasteiger partial charge in [0.2, 0.25) is 0 Å². The molecule has 0 spiro atoms. The van der Waals surface area contributed by atoms with Crippen molar-refractivity contribution < 1.29 is 0 Å². The van der Waals surface area contributed by atoms with Gasteiger partial charge in [-0.25, -0.2) is 9.97 Å². The highest BCUT2D eigenvalue weighted by molar-refractivity contribution is 5.87. The van der Waals surface area contributed by atoms with Crippen molar-refractivity contribution in [2.24, 2.45) is 0 Å². The summed E-state index contributed by atoms with van der Waals surface area (Å²) in [6.07, 6.45) is 5.40. The minimum atomic E-state index is -0.573. The molecule has 0 saturated heterocycles. The summed E-state index contributed by atoms with van der Waals surface area (Å²) in [4.78, 5) is 13.7.